The lowest BCUT2D eigenvalue weighted by Crippen LogP contribution is -2.50. The molecule has 3 nitrogen and oxygen atoms in total. The normalized spacial score (nSPS) is 34.0. The quantitative estimate of drug-likeness (QED) is 0.432. The number of carbonyl (C=O) groups is 1. The van der Waals surface area contributed by atoms with E-state index >= 15 is 0 Å². The Kier molecular flexibility index (Phi) is 4.94. The summed E-state index contributed by atoms with van der Waals surface area (Å²) in [5.41, 5.74) is 2.77. The van der Waals surface area contributed by atoms with Crippen molar-refractivity contribution >= 4 is 5.97 Å². The van der Waals surface area contributed by atoms with Crippen LogP contribution >= 0.6 is 0 Å². The minimum absolute atomic E-state index is 0.106. The van der Waals surface area contributed by atoms with E-state index in [0.717, 1.165) is 18.4 Å². The standard InChI is InChI=1S/C23H32O3/c1-15-7-6-8-21-22(15,4)12-11-16(2)23(21,5)14-18-13-19(26-17(3)24)9-10-20(18)25/h7,9-10,13,16,21,25H,6,8,11-12,14H2,1-5H3/t16-,21-,22-,23-/m1/s1. The molecule has 1 N–H and O–H groups in total. The Hall–Kier alpha value is -1.77. The predicted octanol–water partition coefficient (Wildman–Crippen LogP) is 5.66. The molecular weight excluding hydrogens is 324 g/mol. The highest BCUT2D eigenvalue weighted by Crippen LogP contribution is 2.61. The average Bonchev–Trinajstić information content (AvgIpc) is 2.56. The molecule has 142 valence electrons. The fourth-order valence-corrected chi connectivity index (χ4v) is 5.55. The van der Waals surface area contributed by atoms with E-state index in [2.05, 4.69) is 33.8 Å². The Morgan fingerprint density at radius 2 is 2.04 bits per heavy atom. The Balaban J connectivity index is 1.97. The molecule has 0 unspecified atom stereocenters. The summed E-state index contributed by atoms with van der Waals surface area (Å²) in [6.45, 7) is 10.9. The Labute approximate surface area is 157 Å². The summed E-state index contributed by atoms with van der Waals surface area (Å²) < 4.78 is 5.24. The van der Waals surface area contributed by atoms with Crippen molar-refractivity contribution in [2.75, 3.05) is 0 Å². The summed E-state index contributed by atoms with van der Waals surface area (Å²) in [6, 6.07) is 5.15. The largest absolute Gasteiger partial charge is 0.508 e. The molecule has 3 heteroatoms. The number of rotatable bonds is 3. The minimum Gasteiger partial charge on any atom is -0.508 e. The molecule has 0 amide bonds. The molecule has 0 saturated heterocycles. The first-order valence-corrected chi connectivity index (χ1v) is 9.84. The highest BCUT2D eigenvalue weighted by molar-refractivity contribution is 5.69. The summed E-state index contributed by atoms with van der Waals surface area (Å²) in [7, 11) is 0. The number of aromatic hydroxyl groups is 1. The van der Waals surface area contributed by atoms with Crippen molar-refractivity contribution in [1.29, 1.82) is 0 Å². The molecular formula is C23H32O3. The third-order valence-electron chi connectivity index (χ3n) is 7.48. The van der Waals surface area contributed by atoms with Gasteiger partial charge in [-0.25, -0.2) is 0 Å². The number of phenols is 1. The smallest absolute Gasteiger partial charge is 0.308 e. The lowest BCUT2D eigenvalue weighted by Gasteiger charge is -2.58. The number of hydrogen-bond acceptors (Lipinski definition) is 3. The number of phenolic OH excluding ortho intramolecular Hbond substituents is 1. The number of allylic oxidation sites excluding steroid dienone is 2. The second-order valence-corrected chi connectivity index (χ2v) is 8.94. The average molecular weight is 357 g/mol. The van der Waals surface area contributed by atoms with Crippen LogP contribution in [0.5, 0.6) is 11.5 Å². The summed E-state index contributed by atoms with van der Waals surface area (Å²) >= 11 is 0. The first-order chi connectivity index (χ1) is 12.2. The fourth-order valence-electron chi connectivity index (χ4n) is 5.55. The zero-order chi connectivity index (χ0) is 19.1. The lowest BCUT2D eigenvalue weighted by molar-refractivity contribution is -0.131. The van der Waals surface area contributed by atoms with E-state index in [-0.39, 0.29) is 16.8 Å². The van der Waals surface area contributed by atoms with Gasteiger partial charge in [0.15, 0.2) is 0 Å². The van der Waals surface area contributed by atoms with Crippen LogP contribution in [-0.2, 0) is 11.2 Å². The van der Waals surface area contributed by atoms with Gasteiger partial charge in [0.2, 0.25) is 0 Å². The van der Waals surface area contributed by atoms with Gasteiger partial charge < -0.3 is 9.84 Å². The van der Waals surface area contributed by atoms with E-state index < -0.39 is 0 Å². The second kappa shape index (κ2) is 6.75. The van der Waals surface area contributed by atoms with Gasteiger partial charge in [0.25, 0.3) is 0 Å². The van der Waals surface area contributed by atoms with E-state index in [1.807, 2.05) is 6.07 Å². The van der Waals surface area contributed by atoms with Crippen LogP contribution < -0.4 is 4.74 Å². The van der Waals surface area contributed by atoms with E-state index in [1.165, 1.54) is 31.8 Å². The zero-order valence-electron chi connectivity index (χ0n) is 16.8. The number of esters is 1. The van der Waals surface area contributed by atoms with Crippen molar-refractivity contribution in [2.24, 2.45) is 22.7 Å². The van der Waals surface area contributed by atoms with Crippen LogP contribution in [0.1, 0.15) is 65.9 Å². The third kappa shape index (κ3) is 3.17. The molecule has 2 aliphatic rings. The van der Waals surface area contributed by atoms with Gasteiger partial charge in [0.1, 0.15) is 11.5 Å². The summed E-state index contributed by atoms with van der Waals surface area (Å²) in [5, 5.41) is 10.5. The molecule has 1 aromatic carbocycles. The predicted molar refractivity (Wildman–Crippen MR) is 104 cm³/mol. The Morgan fingerprint density at radius 1 is 1.31 bits per heavy atom. The molecule has 0 spiro atoms. The molecule has 26 heavy (non-hydrogen) atoms. The zero-order valence-corrected chi connectivity index (χ0v) is 16.8. The third-order valence-corrected chi connectivity index (χ3v) is 7.48. The molecule has 1 aromatic rings. The fraction of sp³-hybridized carbons (Fsp3) is 0.609. The van der Waals surface area contributed by atoms with Gasteiger partial charge in [0, 0.05) is 6.92 Å². The molecule has 4 atom stereocenters. The summed E-state index contributed by atoms with van der Waals surface area (Å²) in [4.78, 5) is 11.3. The van der Waals surface area contributed by atoms with Gasteiger partial charge in [-0.2, -0.15) is 0 Å². The maximum Gasteiger partial charge on any atom is 0.308 e. The molecule has 2 aliphatic carbocycles. The van der Waals surface area contributed by atoms with Crippen LogP contribution in [0.4, 0.5) is 0 Å². The van der Waals surface area contributed by atoms with E-state index in [4.69, 9.17) is 4.74 Å². The topological polar surface area (TPSA) is 46.5 Å². The van der Waals surface area contributed by atoms with Crippen LogP contribution in [0.15, 0.2) is 29.8 Å². The van der Waals surface area contributed by atoms with E-state index in [0.29, 0.717) is 23.3 Å². The number of fused-ring (bicyclic) bond motifs is 1. The summed E-state index contributed by atoms with van der Waals surface area (Å²) in [6.07, 6.45) is 8.04. The molecule has 0 radical (unpaired) electrons. The molecule has 0 aliphatic heterocycles. The van der Waals surface area contributed by atoms with Crippen LogP contribution in [0, 0.1) is 22.7 Å². The van der Waals surface area contributed by atoms with Crippen LogP contribution in [0.2, 0.25) is 0 Å². The molecule has 0 bridgehead atoms. The lowest BCUT2D eigenvalue weighted by atomic mass is 9.47. The maximum atomic E-state index is 11.3. The second-order valence-electron chi connectivity index (χ2n) is 8.94. The maximum absolute atomic E-state index is 11.3. The number of ether oxygens (including phenoxy) is 1. The van der Waals surface area contributed by atoms with Crippen molar-refractivity contribution in [3.05, 3.63) is 35.4 Å². The van der Waals surface area contributed by atoms with Gasteiger partial charge in [-0.05, 0) is 85.5 Å². The monoisotopic (exact) mass is 356 g/mol. The molecule has 3 rings (SSSR count). The highest BCUT2D eigenvalue weighted by atomic mass is 16.5. The SMILES string of the molecule is CC(=O)Oc1ccc(O)c(C[C@]2(C)[C@H](C)CC[C@]3(C)C(C)=CCC[C@@H]23)c1. The number of benzene rings is 1. The first-order valence-electron chi connectivity index (χ1n) is 9.84. The molecule has 1 fully saturated rings. The van der Waals surface area contributed by atoms with Gasteiger partial charge in [-0.1, -0.05) is 32.4 Å². The van der Waals surface area contributed by atoms with Crippen LogP contribution in [0.25, 0.3) is 0 Å². The van der Waals surface area contributed by atoms with Crippen LogP contribution in [0.3, 0.4) is 0 Å². The molecule has 0 heterocycles. The van der Waals surface area contributed by atoms with Crippen molar-refractivity contribution in [3.63, 3.8) is 0 Å². The van der Waals surface area contributed by atoms with E-state index in [9.17, 15) is 9.90 Å². The van der Waals surface area contributed by atoms with Crippen molar-refractivity contribution in [1.82, 2.24) is 0 Å². The minimum atomic E-state index is -0.334. The number of hydrogen-bond donors (Lipinski definition) is 1. The van der Waals surface area contributed by atoms with Gasteiger partial charge in [0.05, 0.1) is 0 Å². The van der Waals surface area contributed by atoms with E-state index in [1.54, 1.807) is 12.1 Å². The summed E-state index contributed by atoms with van der Waals surface area (Å²) in [5.74, 6) is 1.66. The Morgan fingerprint density at radius 3 is 2.73 bits per heavy atom. The molecule has 0 aromatic heterocycles. The Bertz CT molecular complexity index is 735. The highest BCUT2D eigenvalue weighted by Gasteiger charge is 2.53. The van der Waals surface area contributed by atoms with Crippen LogP contribution in [-0.4, -0.2) is 11.1 Å². The number of carbonyl (C=O) groups excluding carboxylic acids is 1. The molecule has 1 saturated carbocycles. The van der Waals surface area contributed by atoms with Crippen molar-refractivity contribution in [3.8, 4) is 11.5 Å². The van der Waals surface area contributed by atoms with Gasteiger partial charge in [-0.15, -0.1) is 0 Å². The van der Waals surface area contributed by atoms with Gasteiger partial charge in [-0.3, -0.25) is 4.79 Å². The van der Waals surface area contributed by atoms with Crippen molar-refractivity contribution < 1.29 is 14.6 Å². The van der Waals surface area contributed by atoms with Crippen molar-refractivity contribution in [2.45, 2.75) is 66.7 Å². The van der Waals surface area contributed by atoms with Gasteiger partial charge >= 0.3 is 5.97 Å². The first kappa shape index (κ1) is 19.0.